The Morgan fingerprint density at radius 3 is 2.72 bits per heavy atom. The van der Waals surface area contributed by atoms with Gasteiger partial charge >= 0.3 is 0 Å². The summed E-state index contributed by atoms with van der Waals surface area (Å²) in [5.74, 6) is -1.55. The smallest absolute Gasteiger partial charge is 0.293 e. The first-order chi connectivity index (χ1) is 8.58. The molecule has 0 aliphatic carbocycles. The fraction of sp³-hybridized carbons (Fsp3) is 0. The average Bonchev–Trinajstić information content (AvgIpc) is 2.33. The fourth-order valence-corrected chi connectivity index (χ4v) is 1.41. The normalized spacial score (nSPS) is 10.1. The van der Waals surface area contributed by atoms with Crippen molar-refractivity contribution in [3.63, 3.8) is 0 Å². The van der Waals surface area contributed by atoms with Crippen molar-refractivity contribution < 1.29 is 13.7 Å². The number of anilines is 2. The lowest BCUT2D eigenvalue weighted by Gasteiger charge is -2.07. The van der Waals surface area contributed by atoms with Crippen molar-refractivity contribution >= 4 is 17.1 Å². The number of para-hydroxylation sites is 1. The molecule has 0 aliphatic rings. The molecule has 0 saturated heterocycles. The Balaban J connectivity index is 2.37. The standard InChI is InChI=1S/C12H7F2N2O2/c13-8-5-6-10(9(14)7-8)15-11-3-1-2-4-12(11)16(17)18/h1-2,4-7,15H. The Morgan fingerprint density at radius 2 is 2.06 bits per heavy atom. The molecule has 1 radical (unpaired) electrons. The van der Waals surface area contributed by atoms with Crippen molar-refractivity contribution in [1.82, 2.24) is 0 Å². The molecule has 0 atom stereocenters. The first kappa shape index (κ1) is 12.0. The minimum atomic E-state index is -0.832. The number of benzene rings is 2. The van der Waals surface area contributed by atoms with Crippen LogP contribution in [0.4, 0.5) is 25.8 Å². The molecule has 91 valence electrons. The third-order valence-corrected chi connectivity index (χ3v) is 2.22. The van der Waals surface area contributed by atoms with Gasteiger partial charge in [-0.15, -0.1) is 0 Å². The van der Waals surface area contributed by atoms with Gasteiger partial charge in [-0.05, 0) is 12.1 Å². The van der Waals surface area contributed by atoms with Gasteiger partial charge in [-0.25, -0.2) is 8.78 Å². The van der Waals surface area contributed by atoms with Crippen LogP contribution < -0.4 is 5.32 Å². The van der Waals surface area contributed by atoms with Gasteiger partial charge in [0.1, 0.15) is 17.3 Å². The maximum atomic E-state index is 13.4. The van der Waals surface area contributed by atoms with E-state index in [0.717, 1.165) is 12.1 Å². The van der Waals surface area contributed by atoms with E-state index in [1.54, 1.807) is 0 Å². The number of hydrogen-bond donors (Lipinski definition) is 1. The van der Waals surface area contributed by atoms with Crippen LogP contribution in [-0.2, 0) is 0 Å². The number of rotatable bonds is 3. The maximum absolute atomic E-state index is 13.4. The first-order valence-electron chi connectivity index (χ1n) is 4.95. The molecule has 0 saturated carbocycles. The zero-order valence-electron chi connectivity index (χ0n) is 8.98. The van der Waals surface area contributed by atoms with Crippen LogP contribution in [0.15, 0.2) is 36.4 Å². The van der Waals surface area contributed by atoms with Gasteiger partial charge < -0.3 is 5.32 Å². The highest BCUT2D eigenvalue weighted by molar-refractivity contribution is 5.68. The molecule has 1 N–H and O–H groups in total. The predicted molar refractivity (Wildman–Crippen MR) is 61.6 cm³/mol. The van der Waals surface area contributed by atoms with Crippen molar-refractivity contribution in [2.45, 2.75) is 0 Å². The summed E-state index contributed by atoms with van der Waals surface area (Å²) in [6, 6.07) is 9.67. The van der Waals surface area contributed by atoms with Crippen LogP contribution in [0.5, 0.6) is 0 Å². The van der Waals surface area contributed by atoms with Crippen LogP contribution in [0.1, 0.15) is 0 Å². The number of nitro benzene ring substituents is 1. The second-order valence-corrected chi connectivity index (χ2v) is 3.44. The summed E-state index contributed by atoms with van der Waals surface area (Å²) >= 11 is 0. The lowest BCUT2D eigenvalue weighted by Crippen LogP contribution is -1.99. The van der Waals surface area contributed by atoms with Gasteiger partial charge in [-0.2, -0.15) is 0 Å². The zero-order valence-corrected chi connectivity index (χ0v) is 8.98. The highest BCUT2D eigenvalue weighted by Gasteiger charge is 2.14. The number of nitrogens with zero attached hydrogens (tertiary/aromatic N) is 1. The van der Waals surface area contributed by atoms with Crippen molar-refractivity contribution in [3.8, 4) is 0 Å². The molecule has 2 aromatic carbocycles. The van der Waals surface area contributed by atoms with E-state index in [-0.39, 0.29) is 17.1 Å². The van der Waals surface area contributed by atoms with E-state index in [1.807, 2.05) is 0 Å². The van der Waals surface area contributed by atoms with E-state index in [4.69, 9.17) is 0 Å². The molecular weight excluding hydrogens is 242 g/mol. The third kappa shape index (κ3) is 2.42. The van der Waals surface area contributed by atoms with Gasteiger partial charge in [-0.1, -0.05) is 12.1 Å². The Hall–Kier alpha value is -2.50. The lowest BCUT2D eigenvalue weighted by molar-refractivity contribution is -0.383. The summed E-state index contributed by atoms with van der Waals surface area (Å²) in [4.78, 5) is 10.1. The summed E-state index contributed by atoms with van der Waals surface area (Å²) in [6.45, 7) is 0. The van der Waals surface area contributed by atoms with Crippen molar-refractivity contribution in [3.05, 3.63) is 64.2 Å². The third-order valence-electron chi connectivity index (χ3n) is 2.22. The number of nitro groups is 1. The molecule has 0 fully saturated rings. The number of nitrogens with one attached hydrogen (secondary N) is 1. The van der Waals surface area contributed by atoms with E-state index in [0.29, 0.717) is 6.07 Å². The van der Waals surface area contributed by atoms with Crippen molar-refractivity contribution in [1.29, 1.82) is 0 Å². The molecule has 0 aliphatic heterocycles. The highest BCUT2D eigenvalue weighted by Crippen LogP contribution is 2.27. The Morgan fingerprint density at radius 1 is 1.28 bits per heavy atom. The summed E-state index contributed by atoms with van der Waals surface area (Å²) in [6.07, 6.45) is 0. The van der Waals surface area contributed by atoms with Gasteiger partial charge in [0.25, 0.3) is 5.69 Å². The zero-order chi connectivity index (χ0) is 13.1. The number of halogens is 2. The molecular formula is C12H7F2N2O2. The topological polar surface area (TPSA) is 55.2 Å². The molecule has 0 unspecified atom stereocenters. The molecule has 18 heavy (non-hydrogen) atoms. The fourth-order valence-electron chi connectivity index (χ4n) is 1.41. The summed E-state index contributed by atoms with van der Waals surface area (Å²) in [5.41, 5.74) is -0.267. The van der Waals surface area contributed by atoms with E-state index >= 15 is 0 Å². The molecule has 0 aromatic heterocycles. The average molecular weight is 249 g/mol. The number of hydrogen-bond acceptors (Lipinski definition) is 3. The van der Waals surface area contributed by atoms with Gasteiger partial charge in [0.2, 0.25) is 0 Å². The van der Waals surface area contributed by atoms with E-state index < -0.39 is 16.6 Å². The Labute approximate surface area is 101 Å². The van der Waals surface area contributed by atoms with E-state index in [2.05, 4.69) is 11.4 Å². The van der Waals surface area contributed by atoms with Crippen LogP contribution in [0.2, 0.25) is 0 Å². The van der Waals surface area contributed by atoms with Gasteiger partial charge in [0, 0.05) is 18.2 Å². The van der Waals surface area contributed by atoms with Gasteiger partial charge in [0.15, 0.2) is 0 Å². The minimum absolute atomic E-state index is 0.0213. The maximum Gasteiger partial charge on any atom is 0.293 e. The Bertz CT molecular complexity index is 602. The van der Waals surface area contributed by atoms with E-state index in [1.165, 1.54) is 18.2 Å². The van der Waals surface area contributed by atoms with Crippen LogP contribution in [0, 0.1) is 27.8 Å². The predicted octanol–water partition coefficient (Wildman–Crippen LogP) is 3.42. The molecule has 2 aromatic rings. The monoisotopic (exact) mass is 249 g/mol. The second kappa shape index (κ2) is 4.79. The SMILES string of the molecule is O=[N+]([O-])c1ccc[c]c1Nc1ccc(F)cc1F. The van der Waals surface area contributed by atoms with Crippen LogP contribution in [0.3, 0.4) is 0 Å². The highest BCUT2D eigenvalue weighted by atomic mass is 19.1. The van der Waals surface area contributed by atoms with Gasteiger partial charge in [-0.3, -0.25) is 10.1 Å². The largest absolute Gasteiger partial charge is 0.347 e. The molecule has 6 heteroatoms. The first-order valence-corrected chi connectivity index (χ1v) is 4.95. The summed E-state index contributed by atoms with van der Waals surface area (Å²) in [5, 5.41) is 13.3. The van der Waals surface area contributed by atoms with Crippen LogP contribution in [0.25, 0.3) is 0 Å². The molecule has 2 rings (SSSR count). The molecule has 0 spiro atoms. The summed E-state index contributed by atoms with van der Waals surface area (Å²) in [7, 11) is 0. The second-order valence-electron chi connectivity index (χ2n) is 3.44. The molecule has 4 nitrogen and oxygen atoms in total. The van der Waals surface area contributed by atoms with Gasteiger partial charge in [0.05, 0.1) is 10.6 Å². The minimum Gasteiger partial charge on any atom is -0.347 e. The lowest BCUT2D eigenvalue weighted by atomic mass is 10.2. The molecule has 0 bridgehead atoms. The quantitative estimate of drug-likeness (QED) is 0.669. The van der Waals surface area contributed by atoms with E-state index in [9.17, 15) is 18.9 Å². The Kier molecular flexibility index (Phi) is 3.18. The van der Waals surface area contributed by atoms with Crippen molar-refractivity contribution in [2.24, 2.45) is 0 Å². The summed E-state index contributed by atoms with van der Waals surface area (Å²) < 4.78 is 26.1. The van der Waals surface area contributed by atoms with Crippen LogP contribution >= 0.6 is 0 Å². The molecule has 0 amide bonds. The van der Waals surface area contributed by atoms with Crippen LogP contribution in [-0.4, -0.2) is 4.92 Å². The van der Waals surface area contributed by atoms with Crippen molar-refractivity contribution in [2.75, 3.05) is 5.32 Å². The molecule has 0 heterocycles.